The highest BCUT2D eigenvalue weighted by atomic mass is 32.2. The number of aromatic nitrogens is 4. The van der Waals surface area contributed by atoms with Crippen LogP contribution in [-0.2, 0) is 42.6 Å². The molecule has 216 valence electrons. The molecule has 1 aliphatic carbocycles. The fourth-order valence-corrected chi connectivity index (χ4v) is 5.81. The number of hydrogen-bond acceptors (Lipinski definition) is 14. The Hall–Kier alpha value is -3.72. The first-order valence-corrected chi connectivity index (χ1v) is 14.3. The van der Waals surface area contributed by atoms with E-state index in [4.69, 9.17) is 16.3 Å². The lowest BCUT2D eigenvalue weighted by molar-refractivity contribution is -0.153. The van der Waals surface area contributed by atoms with Crippen LogP contribution >= 0.6 is 11.3 Å². The van der Waals surface area contributed by atoms with Gasteiger partial charge in [-0.2, -0.15) is 23.4 Å². The highest BCUT2D eigenvalue weighted by molar-refractivity contribution is 7.84. The van der Waals surface area contributed by atoms with Crippen LogP contribution in [0, 0.1) is 5.92 Å². The molecule has 0 radical (unpaired) electrons. The van der Waals surface area contributed by atoms with E-state index < -0.39 is 51.5 Å². The van der Waals surface area contributed by atoms with Gasteiger partial charge in [0, 0.05) is 37.9 Å². The molecule has 2 aliphatic heterocycles. The molecule has 0 spiro atoms. The lowest BCUT2D eigenvalue weighted by Gasteiger charge is -2.43. The van der Waals surface area contributed by atoms with Crippen LogP contribution in [0.4, 0.5) is 5.13 Å². The molecule has 0 bridgehead atoms. The van der Waals surface area contributed by atoms with Crippen LogP contribution in [-0.4, -0.2) is 108 Å². The highest BCUT2D eigenvalue weighted by Crippen LogP contribution is 2.40. The summed E-state index contributed by atoms with van der Waals surface area (Å²) in [5, 5.41) is 25.3. The van der Waals surface area contributed by atoms with Crippen LogP contribution in [0.5, 0.6) is 0 Å². The second-order valence-electron chi connectivity index (χ2n) is 9.72. The minimum absolute atomic E-state index is 0.0441. The van der Waals surface area contributed by atoms with Crippen molar-refractivity contribution in [1.29, 1.82) is 0 Å². The number of nitrogens with two attached hydrogens (primary N) is 2. The smallest absolute Gasteiger partial charge is 0.362 e. The molecule has 2 aromatic rings. The van der Waals surface area contributed by atoms with Crippen molar-refractivity contribution < 1.29 is 37.3 Å². The first-order valence-electron chi connectivity index (χ1n) is 12.0. The van der Waals surface area contributed by atoms with E-state index in [9.17, 15) is 32.5 Å². The summed E-state index contributed by atoms with van der Waals surface area (Å²) in [6, 6.07) is -2.71. The number of carbonyl (C=O) groups excluding carboxylic acids is 2. The zero-order valence-electron chi connectivity index (χ0n) is 20.8. The van der Waals surface area contributed by atoms with E-state index in [1.54, 1.807) is 0 Å². The first kappa shape index (κ1) is 27.8. The molecule has 1 saturated carbocycles. The third kappa shape index (κ3) is 5.47. The number of nitrogen functional groups attached to an aromatic ring is 1. The van der Waals surface area contributed by atoms with Crippen LogP contribution < -0.4 is 16.8 Å². The lowest BCUT2D eigenvalue weighted by Crippen LogP contribution is -2.73. The molecule has 7 N–H and O–H groups in total. The van der Waals surface area contributed by atoms with E-state index in [2.05, 4.69) is 30.6 Å². The van der Waals surface area contributed by atoms with Crippen LogP contribution in [0.15, 0.2) is 16.7 Å². The van der Waals surface area contributed by atoms with E-state index in [0.717, 1.165) is 29.2 Å². The summed E-state index contributed by atoms with van der Waals surface area (Å²) < 4.78 is 33.7. The standard InChI is InChI=1S/C20H26N10O8S2/c21-3-10-5-28(6-10)7-11-4-23-29(26-11)8-13-15(17(32)30(13)40(35,36)37)25-16(31)14(12-9-39-19(22)24-12)27-38-20(1-2-20)18(33)34/h4,9-10,13,15H,1-3,5-8,21H2,(H2,22,24)(H,25,31)(H,33,34)(H,35,36,37)/b27-14-. The number of aliphatic carboxylic acids is 1. The van der Waals surface area contributed by atoms with Gasteiger partial charge in [-0.3, -0.25) is 19.0 Å². The molecule has 3 aliphatic rings. The summed E-state index contributed by atoms with van der Waals surface area (Å²) in [5.74, 6) is -2.96. The number of oxime groups is 1. The summed E-state index contributed by atoms with van der Waals surface area (Å²) in [6.45, 7) is 2.44. The quantitative estimate of drug-likeness (QED) is 0.0718. The summed E-state index contributed by atoms with van der Waals surface area (Å²) >= 11 is 0.981. The molecular formula is C20H26N10O8S2. The zero-order valence-corrected chi connectivity index (χ0v) is 22.4. The Morgan fingerprint density at radius 2 is 2.05 bits per heavy atom. The number of nitrogens with zero attached hydrogens (tertiary/aromatic N) is 7. The Morgan fingerprint density at radius 3 is 2.62 bits per heavy atom. The Labute approximate surface area is 230 Å². The SMILES string of the molecule is NCC1CN(Cc2cnn(CC3C(NC(=O)/C(=N\OC4(C(=O)O)CC4)c4csc(N)n4)C(=O)N3S(=O)(=O)O)n2)C1. The van der Waals surface area contributed by atoms with E-state index in [1.807, 2.05) is 0 Å². The number of nitrogens with one attached hydrogen (secondary N) is 1. The summed E-state index contributed by atoms with van der Waals surface area (Å²) in [6.07, 6.45) is 1.85. The van der Waals surface area contributed by atoms with Gasteiger partial charge in [-0.05, 0) is 12.5 Å². The number of rotatable bonds is 12. The van der Waals surface area contributed by atoms with Crippen molar-refractivity contribution in [1.82, 2.24) is 34.5 Å². The number of anilines is 1. The van der Waals surface area contributed by atoms with E-state index in [1.165, 1.54) is 11.6 Å². The predicted octanol–water partition coefficient (Wildman–Crippen LogP) is -2.76. The molecule has 18 nitrogen and oxygen atoms in total. The Kier molecular flexibility index (Phi) is 7.20. The molecule has 4 heterocycles. The number of carbonyl (C=O) groups is 3. The normalized spacial score (nSPS) is 22.9. The molecule has 0 aromatic carbocycles. The second kappa shape index (κ2) is 10.4. The van der Waals surface area contributed by atoms with Crippen molar-refractivity contribution in [2.75, 3.05) is 25.4 Å². The minimum atomic E-state index is -4.97. The summed E-state index contributed by atoms with van der Waals surface area (Å²) in [5.41, 5.74) is 9.81. The van der Waals surface area contributed by atoms with Gasteiger partial charge in [0.1, 0.15) is 17.8 Å². The minimum Gasteiger partial charge on any atom is -0.478 e. The number of carboxylic acids is 1. The molecule has 2 aromatic heterocycles. The molecule has 2 saturated heterocycles. The zero-order chi connectivity index (χ0) is 28.8. The Balaban J connectivity index is 1.32. The average molecular weight is 599 g/mol. The molecule has 20 heteroatoms. The maximum atomic E-state index is 13.2. The van der Waals surface area contributed by atoms with E-state index in [0.29, 0.717) is 24.7 Å². The van der Waals surface area contributed by atoms with Gasteiger partial charge in [-0.15, -0.1) is 11.3 Å². The number of thiazole rings is 1. The topological polar surface area (TPSA) is 262 Å². The van der Waals surface area contributed by atoms with Crippen LogP contribution in [0.2, 0.25) is 0 Å². The lowest BCUT2D eigenvalue weighted by atomic mass is 9.98. The number of amides is 2. The first-order chi connectivity index (χ1) is 18.9. The fourth-order valence-electron chi connectivity index (χ4n) is 4.39. The predicted molar refractivity (Wildman–Crippen MR) is 136 cm³/mol. The van der Waals surface area contributed by atoms with Gasteiger partial charge < -0.3 is 26.7 Å². The maximum absolute atomic E-state index is 13.2. The molecule has 5 rings (SSSR count). The van der Waals surface area contributed by atoms with Crippen molar-refractivity contribution in [3.05, 3.63) is 23.0 Å². The van der Waals surface area contributed by atoms with Gasteiger partial charge in [0.15, 0.2) is 10.8 Å². The van der Waals surface area contributed by atoms with Gasteiger partial charge in [0.25, 0.3) is 11.8 Å². The van der Waals surface area contributed by atoms with Gasteiger partial charge in [0.2, 0.25) is 5.60 Å². The fraction of sp³-hybridized carbons (Fsp3) is 0.550. The van der Waals surface area contributed by atoms with Gasteiger partial charge in [-0.1, -0.05) is 5.16 Å². The monoisotopic (exact) mass is 598 g/mol. The van der Waals surface area contributed by atoms with Crippen molar-refractivity contribution in [2.45, 2.75) is 43.6 Å². The second-order valence-corrected chi connectivity index (χ2v) is 11.9. The number of hydrogen-bond donors (Lipinski definition) is 5. The number of carboxylic acid groups (broad SMARTS) is 1. The van der Waals surface area contributed by atoms with Crippen LogP contribution in [0.3, 0.4) is 0 Å². The highest BCUT2D eigenvalue weighted by Gasteiger charge is 2.56. The molecule has 2 unspecified atom stereocenters. The molecule has 40 heavy (non-hydrogen) atoms. The molecule has 2 amide bonds. The summed E-state index contributed by atoms with van der Waals surface area (Å²) in [4.78, 5) is 49.7. The Bertz CT molecular complexity index is 1460. The van der Waals surface area contributed by atoms with Crippen molar-refractivity contribution in [3.63, 3.8) is 0 Å². The largest absolute Gasteiger partial charge is 0.478 e. The molecule has 2 atom stereocenters. The number of β-lactam (4-membered cyclic amide) rings is 1. The van der Waals surface area contributed by atoms with Crippen molar-refractivity contribution in [2.24, 2.45) is 16.8 Å². The molecule has 3 fully saturated rings. The van der Waals surface area contributed by atoms with Crippen LogP contribution in [0.25, 0.3) is 0 Å². The van der Waals surface area contributed by atoms with Crippen LogP contribution in [0.1, 0.15) is 24.2 Å². The van der Waals surface area contributed by atoms with Gasteiger partial charge in [0.05, 0.1) is 18.4 Å². The van der Waals surface area contributed by atoms with Crippen molar-refractivity contribution in [3.8, 4) is 0 Å². The summed E-state index contributed by atoms with van der Waals surface area (Å²) in [7, 11) is -4.97. The molecular weight excluding hydrogens is 572 g/mol. The van der Waals surface area contributed by atoms with E-state index in [-0.39, 0.29) is 34.5 Å². The van der Waals surface area contributed by atoms with Gasteiger partial charge in [-0.25, -0.2) is 14.1 Å². The average Bonchev–Trinajstić information content (AvgIpc) is 3.33. The van der Waals surface area contributed by atoms with Crippen molar-refractivity contribution >= 4 is 50.3 Å². The van der Waals surface area contributed by atoms with E-state index >= 15 is 0 Å². The maximum Gasteiger partial charge on any atom is 0.362 e. The van der Waals surface area contributed by atoms with Gasteiger partial charge >= 0.3 is 16.3 Å². The Morgan fingerprint density at radius 1 is 1.32 bits per heavy atom. The third-order valence-electron chi connectivity index (χ3n) is 6.78. The third-order valence-corrected chi connectivity index (χ3v) is 8.40. The number of likely N-dealkylation sites (tertiary alicyclic amines) is 1.